The molecule has 0 aliphatic rings. The van der Waals surface area contributed by atoms with Crippen LogP contribution in [0.5, 0.6) is 0 Å². The summed E-state index contributed by atoms with van der Waals surface area (Å²) in [5.74, 6) is 0.332. The number of aryl methyl sites for hydroxylation is 1. The first-order valence-corrected chi connectivity index (χ1v) is 9.20. The van der Waals surface area contributed by atoms with Gasteiger partial charge >= 0.3 is 0 Å². The summed E-state index contributed by atoms with van der Waals surface area (Å²) in [6.07, 6.45) is 1.63. The number of aromatic nitrogens is 2. The van der Waals surface area contributed by atoms with E-state index in [1.807, 2.05) is 60.9 Å². The SMILES string of the molecule is C=CCNC(=O)Cn1c(C(C)NC(=O)c2ccccc2C)nc2ccccc21. The average molecular weight is 376 g/mol. The number of carbonyl (C=O) groups is 2. The molecule has 0 fully saturated rings. The van der Waals surface area contributed by atoms with Crippen LogP contribution < -0.4 is 10.6 Å². The minimum atomic E-state index is -0.369. The Labute approximate surface area is 164 Å². The zero-order valence-electron chi connectivity index (χ0n) is 16.1. The summed E-state index contributed by atoms with van der Waals surface area (Å²) in [6.45, 7) is 7.91. The van der Waals surface area contributed by atoms with Gasteiger partial charge in [-0.1, -0.05) is 36.4 Å². The summed E-state index contributed by atoms with van der Waals surface area (Å²) in [5.41, 5.74) is 3.17. The van der Waals surface area contributed by atoms with Crippen molar-refractivity contribution in [1.82, 2.24) is 20.2 Å². The van der Waals surface area contributed by atoms with Crippen molar-refractivity contribution < 1.29 is 9.59 Å². The fourth-order valence-electron chi connectivity index (χ4n) is 3.14. The minimum Gasteiger partial charge on any atom is -0.351 e. The first-order valence-electron chi connectivity index (χ1n) is 9.20. The molecule has 0 radical (unpaired) electrons. The first kappa shape index (κ1) is 19.4. The third-order valence-electron chi connectivity index (χ3n) is 4.55. The van der Waals surface area contributed by atoms with Gasteiger partial charge in [0.1, 0.15) is 12.4 Å². The Bertz CT molecular complexity index is 1020. The van der Waals surface area contributed by atoms with Gasteiger partial charge in [0.05, 0.1) is 17.1 Å². The number of nitrogens with zero attached hydrogens (tertiary/aromatic N) is 2. The average Bonchev–Trinajstić information content (AvgIpc) is 3.05. The molecule has 2 N–H and O–H groups in total. The van der Waals surface area contributed by atoms with Gasteiger partial charge in [-0.25, -0.2) is 4.98 Å². The highest BCUT2D eigenvalue weighted by atomic mass is 16.2. The molecule has 2 aromatic carbocycles. The Morgan fingerprint density at radius 1 is 1.18 bits per heavy atom. The fourth-order valence-corrected chi connectivity index (χ4v) is 3.14. The Morgan fingerprint density at radius 2 is 1.89 bits per heavy atom. The number of imidazole rings is 1. The summed E-state index contributed by atoms with van der Waals surface area (Å²) in [6, 6.07) is 14.7. The number of fused-ring (bicyclic) bond motifs is 1. The third kappa shape index (κ3) is 4.11. The molecule has 1 aromatic heterocycles. The van der Waals surface area contributed by atoms with Crippen LogP contribution in [0.1, 0.15) is 34.7 Å². The third-order valence-corrected chi connectivity index (χ3v) is 4.55. The summed E-state index contributed by atoms with van der Waals surface area (Å²) in [5, 5.41) is 5.78. The van der Waals surface area contributed by atoms with E-state index in [0.717, 1.165) is 16.6 Å². The van der Waals surface area contributed by atoms with Crippen molar-refractivity contribution >= 4 is 22.8 Å². The molecular formula is C22H24N4O2. The minimum absolute atomic E-state index is 0.119. The van der Waals surface area contributed by atoms with Crippen LogP contribution in [0.15, 0.2) is 61.2 Å². The molecule has 3 rings (SSSR count). The van der Waals surface area contributed by atoms with Gasteiger partial charge in [-0.3, -0.25) is 9.59 Å². The molecule has 0 saturated heterocycles. The number of amides is 2. The van der Waals surface area contributed by atoms with Crippen LogP contribution in [0.2, 0.25) is 0 Å². The van der Waals surface area contributed by atoms with E-state index in [0.29, 0.717) is 17.9 Å². The standard InChI is InChI=1S/C22H24N4O2/c1-4-13-23-20(27)14-26-19-12-8-7-11-18(19)25-21(26)16(3)24-22(28)17-10-6-5-9-15(17)2/h4-12,16H,1,13-14H2,2-3H3,(H,23,27)(H,24,28). The van der Waals surface area contributed by atoms with Crippen molar-refractivity contribution in [2.45, 2.75) is 26.4 Å². The van der Waals surface area contributed by atoms with Crippen LogP contribution in [-0.4, -0.2) is 27.9 Å². The molecular weight excluding hydrogens is 352 g/mol. The molecule has 0 aliphatic carbocycles. The molecule has 0 spiro atoms. The van der Waals surface area contributed by atoms with Crippen LogP contribution in [0, 0.1) is 6.92 Å². The molecule has 6 nitrogen and oxygen atoms in total. The molecule has 0 aliphatic heterocycles. The van der Waals surface area contributed by atoms with Gasteiger partial charge in [0.2, 0.25) is 5.91 Å². The van der Waals surface area contributed by atoms with E-state index in [2.05, 4.69) is 22.2 Å². The highest BCUT2D eigenvalue weighted by Gasteiger charge is 2.20. The van der Waals surface area contributed by atoms with E-state index in [1.165, 1.54) is 0 Å². The summed E-state index contributed by atoms with van der Waals surface area (Å²) in [4.78, 5) is 29.6. The van der Waals surface area contributed by atoms with Crippen molar-refractivity contribution in [2.75, 3.05) is 6.54 Å². The van der Waals surface area contributed by atoms with Crippen molar-refractivity contribution in [3.8, 4) is 0 Å². The van der Waals surface area contributed by atoms with E-state index < -0.39 is 0 Å². The second kappa shape index (κ2) is 8.52. The van der Waals surface area contributed by atoms with Crippen LogP contribution in [0.25, 0.3) is 11.0 Å². The van der Waals surface area contributed by atoms with E-state index in [4.69, 9.17) is 0 Å². The number of para-hydroxylation sites is 2. The van der Waals surface area contributed by atoms with Crippen molar-refractivity contribution in [2.24, 2.45) is 0 Å². The molecule has 28 heavy (non-hydrogen) atoms. The summed E-state index contributed by atoms with van der Waals surface area (Å²) >= 11 is 0. The van der Waals surface area contributed by atoms with Gasteiger partial charge in [0.25, 0.3) is 5.91 Å². The van der Waals surface area contributed by atoms with Crippen LogP contribution in [-0.2, 0) is 11.3 Å². The van der Waals surface area contributed by atoms with Crippen LogP contribution >= 0.6 is 0 Å². The van der Waals surface area contributed by atoms with Crippen LogP contribution in [0.4, 0.5) is 0 Å². The number of carbonyl (C=O) groups excluding carboxylic acids is 2. The quantitative estimate of drug-likeness (QED) is 0.622. The maximum atomic E-state index is 12.7. The lowest BCUT2D eigenvalue weighted by atomic mass is 10.1. The highest BCUT2D eigenvalue weighted by Crippen LogP contribution is 2.21. The van der Waals surface area contributed by atoms with E-state index >= 15 is 0 Å². The largest absolute Gasteiger partial charge is 0.351 e. The van der Waals surface area contributed by atoms with Gasteiger partial charge in [0, 0.05) is 12.1 Å². The zero-order valence-corrected chi connectivity index (χ0v) is 16.1. The highest BCUT2D eigenvalue weighted by molar-refractivity contribution is 5.95. The zero-order chi connectivity index (χ0) is 20.1. The number of nitrogens with one attached hydrogen (secondary N) is 2. The Balaban J connectivity index is 1.89. The maximum absolute atomic E-state index is 12.7. The van der Waals surface area contributed by atoms with Gasteiger partial charge in [-0.15, -0.1) is 6.58 Å². The number of rotatable bonds is 7. The molecule has 144 valence electrons. The molecule has 0 bridgehead atoms. The lowest BCUT2D eigenvalue weighted by molar-refractivity contribution is -0.121. The number of benzene rings is 2. The molecule has 1 heterocycles. The number of hydrogen-bond donors (Lipinski definition) is 2. The Hall–Kier alpha value is -3.41. The molecule has 6 heteroatoms. The number of hydrogen-bond acceptors (Lipinski definition) is 3. The topological polar surface area (TPSA) is 76.0 Å². The van der Waals surface area contributed by atoms with E-state index in [-0.39, 0.29) is 24.4 Å². The Morgan fingerprint density at radius 3 is 2.64 bits per heavy atom. The smallest absolute Gasteiger partial charge is 0.252 e. The van der Waals surface area contributed by atoms with Gasteiger partial charge < -0.3 is 15.2 Å². The van der Waals surface area contributed by atoms with Crippen molar-refractivity contribution in [3.05, 3.63) is 78.1 Å². The predicted octanol–water partition coefficient (Wildman–Crippen LogP) is 3.14. The van der Waals surface area contributed by atoms with Gasteiger partial charge in [-0.05, 0) is 37.6 Å². The monoisotopic (exact) mass is 376 g/mol. The second-order valence-corrected chi connectivity index (χ2v) is 6.65. The maximum Gasteiger partial charge on any atom is 0.252 e. The van der Waals surface area contributed by atoms with Crippen LogP contribution in [0.3, 0.4) is 0 Å². The molecule has 2 amide bonds. The van der Waals surface area contributed by atoms with Crippen molar-refractivity contribution in [3.63, 3.8) is 0 Å². The summed E-state index contributed by atoms with van der Waals surface area (Å²) < 4.78 is 1.84. The van der Waals surface area contributed by atoms with Gasteiger partial charge in [0.15, 0.2) is 0 Å². The first-order chi connectivity index (χ1) is 13.5. The van der Waals surface area contributed by atoms with E-state index in [9.17, 15) is 9.59 Å². The second-order valence-electron chi connectivity index (χ2n) is 6.65. The molecule has 1 atom stereocenters. The fraction of sp³-hybridized carbons (Fsp3) is 0.227. The Kier molecular flexibility index (Phi) is 5.89. The molecule has 3 aromatic rings. The normalized spacial score (nSPS) is 11.8. The van der Waals surface area contributed by atoms with E-state index in [1.54, 1.807) is 12.1 Å². The molecule has 1 unspecified atom stereocenters. The molecule has 0 saturated carbocycles. The predicted molar refractivity (Wildman–Crippen MR) is 110 cm³/mol. The lowest BCUT2D eigenvalue weighted by Crippen LogP contribution is -2.32. The van der Waals surface area contributed by atoms with Crippen molar-refractivity contribution in [1.29, 1.82) is 0 Å². The summed E-state index contributed by atoms with van der Waals surface area (Å²) in [7, 11) is 0. The lowest BCUT2D eigenvalue weighted by Gasteiger charge is -2.17. The van der Waals surface area contributed by atoms with Gasteiger partial charge in [-0.2, -0.15) is 0 Å².